The van der Waals surface area contributed by atoms with Gasteiger partial charge in [0, 0.05) is 0 Å². The Labute approximate surface area is 342 Å². The first-order chi connectivity index (χ1) is 28.1. The van der Waals surface area contributed by atoms with Gasteiger partial charge in [-0.25, -0.2) is 0 Å². The van der Waals surface area contributed by atoms with Gasteiger partial charge >= 0.3 is 0 Å². The third-order valence-electron chi connectivity index (χ3n) is 12.2. The second kappa shape index (κ2) is 13.6. The van der Waals surface area contributed by atoms with Crippen LogP contribution in [0.15, 0.2) is 170 Å². The molecule has 10 rings (SSSR count). The highest BCUT2D eigenvalue weighted by Gasteiger charge is 2.31. The van der Waals surface area contributed by atoms with E-state index in [-0.39, 0.29) is 10.8 Å². The summed E-state index contributed by atoms with van der Waals surface area (Å²) in [6.45, 7) is 14.4. The Morgan fingerprint density at radius 1 is 0.310 bits per heavy atom. The van der Waals surface area contributed by atoms with Crippen LogP contribution in [0.1, 0.15) is 86.1 Å². The Bertz CT molecular complexity index is 2870. The lowest BCUT2D eigenvalue weighted by Crippen LogP contribution is -2.16. The van der Waals surface area contributed by atoms with E-state index in [4.69, 9.17) is 0 Å². The normalized spacial score (nSPS) is 12.3. The molecule has 0 heteroatoms. The van der Waals surface area contributed by atoms with Gasteiger partial charge in [-0.2, -0.15) is 0 Å². The van der Waals surface area contributed by atoms with Crippen molar-refractivity contribution < 1.29 is 0 Å². The molecule has 0 unspecified atom stereocenters. The van der Waals surface area contributed by atoms with E-state index < -0.39 is 0 Å². The van der Waals surface area contributed by atoms with Crippen molar-refractivity contribution in [1.29, 1.82) is 0 Å². The quantitative estimate of drug-likeness (QED) is 0.0903. The van der Waals surface area contributed by atoms with E-state index in [9.17, 15) is 0 Å². The molecule has 0 saturated carbocycles. The minimum Gasteiger partial charge on any atom is -0.0622 e. The Morgan fingerprint density at radius 3 is 0.897 bits per heavy atom. The third-order valence-corrected chi connectivity index (χ3v) is 12.2. The highest BCUT2D eigenvalue weighted by atomic mass is 14.3. The number of rotatable bonds is 6. The number of benzene rings is 10. The molecule has 0 radical (unpaired) electrons. The molecule has 10 aromatic carbocycles. The minimum absolute atomic E-state index is 0.132. The molecule has 0 atom stereocenters. The first-order valence-electron chi connectivity index (χ1n) is 20.7. The number of hydrogen-bond acceptors (Lipinski definition) is 0. The summed E-state index contributed by atoms with van der Waals surface area (Å²) < 4.78 is 0. The van der Waals surface area contributed by atoms with Crippen molar-refractivity contribution in [1.82, 2.24) is 0 Å². The van der Waals surface area contributed by atoms with E-state index >= 15 is 0 Å². The second-order valence-corrected chi connectivity index (χ2v) is 18.1. The molecule has 0 aromatic heterocycles. The lowest BCUT2D eigenvalue weighted by atomic mass is 9.71. The van der Waals surface area contributed by atoms with Gasteiger partial charge in [0.15, 0.2) is 0 Å². The van der Waals surface area contributed by atoms with E-state index in [0.717, 1.165) is 0 Å². The molecule has 0 heterocycles. The Balaban J connectivity index is 1.41. The zero-order valence-electron chi connectivity index (χ0n) is 34.3. The fraction of sp³-hybridized carbons (Fsp3) is 0.138. The molecule has 0 spiro atoms. The molecule has 0 fully saturated rings. The van der Waals surface area contributed by atoms with Crippen molar-refractivity contribution in [2.75, 3.05) is 0 Å². The maximum atomic E-state index is 2.53. The Morgan fingerprint density at radius 2 is 0.603 bits per heavy atom. The molecule has 280 valence electrons. The van der Waals surface area contributed by atoms with Crippen LogP contribution < -0.4 is 0 Å². The van der Waals surface area contributed by atoms with E-state index in [1.54, 1.807) is 0 Å². The largest absolute Gasteiger partial charge is 0.0622 e. The average molecular weight is 745 g/mol. The highest BCUT2D eigenvalue weighted by Crippen LogP contribution is 2.53. The molecular weight excluding hydrogens is 697 g/mol. The maximum Gasteiger partial charge on any atom is -0.00105 e. The first-order valence-corrected chi connectivity index (χ1v) is 20.7. The second-order valence-electron chi connectivity index (χ2n) is 18.1. The number of hydrogen-bond donors (Lipinski definition) is 0. The molecule has 0 aliphatic rings. The Hall–Kier alpha value is -6.50. The van der Waals surface area contributed by atoms with Crippen LogP contribution in [0.25, 0.3) is 77.2 Å². The van der Waals surface area contributed by atoms with Crippen molar-refractivity contribution in [3.63, 3.8) is 0 Å². The van der Waals surface area contributed by atoms with Gasteiger partial charge in [0.05, 0.1) is 0 Å². The van der Waals surface area contributed by atoms with Gasteiger partial charge in [0.2, 0.25) is 0 Å². The molecule has 0 saturated heterocycles. The average Bonchev–Trinajstić information content (AvgIpc) is 3.23. The van der Waals surface area contributed by atoms with E-state index in [2.05, 4.69) is 224 Å². The lowest BCUT2D eigenvalue weighted by Gasteiger charge is -2.32. The Kier molecular flexibility index (Phi) is 8.39. The van der Waals surface area contributed by atoms with Crippen molar-refractivity contribution in [2.45, 2.75) is 52.4 Å². The van der Waals surface area contributed by atoms with Crippen molar-refractivity contribution in [2.24, 2.45) is 0 Å². The van der Waals surface area contributed by atoms with E-state index in [1.807, 2.05) is 0 Å². The molecule has 58 heavy (non-hydrogen) atoms. The van der Waals surface area contributed by atoms with Gasteiger partial charge < -0.3 is 0 Å². The molecule has 0 aliphatic heterocycles. The predicted octanol–water partition coefficient (Wildman–Crippen LogP) is 16.1. The summed E-state index contributed by atoms with van der Waals surface area (Å²) in [5.74, 6) is 0. The van der Waals surface area contributed by atoms with E-state index in [0.29, 0.717) is 0 Å². The van der Waals surface area contributed by atoms with Gasteiger partial charge in [-0.1, -0.05) is 199 Å². The van der Waals surface area contributed by atoms with Crippen molar-refractivity contribution >= 4 is 77.2 Å². The summed E-state index contributed by atoms with van der Waals surface area (Å²) in [4.78, 5) is 0. The van der Waals surface area contributed by atoms with Crippen LogP contribution in [-0.2, 0) is 10.8 Å². The summed E-state index contributed by atoms with van der Waals surface area (Å²) >= 11 is 0. The van der Waals surface area contributed by atoms with Crippen molar-refractivity contribution in [3.05, 3.63) is 214 Å². The molecule has 0 N–H and O–H groups in total. The summed E-state index contributed by atoms with van der Waals surface area (Å²) in [6.07, 6.45) is 4.91. The molecule has 0 bridgehead atoms. The highest BCUT2D eigenvalue weighted by molar-refractivity contribution is 6.40. The van der Waals surface area contributed by atoms with E-state index in [1.165, 1.54) is 110 Å². The van der Waals surface area contributed by atoms with Crippen LogP contribution in [0.4, 0.5) is 0 Å². The SMILES string of the molecule is CC(C)(C)c1c2cccc3c(C=C(c4ccccc4)c4ccccc4)cc4c(C(C)(C)C)c5cccc6c(C=C(c7ccccc7)c7ccccc7)cc1c(c65)c4c32. The third kappa shape index (κ3) is 5.82. The van der Waals surface area contributed by atoms with Crippen LogP contribution in [-0.4, -0.2) is 0 Å². The van der Waals surface area contributed by atoms with Crippen LogP contribution in [0, 0.1) is 0 Å². The predicted molar refractivity (Wildman–Crippen MR) is 253 cm³/mol. The van der Waals surface area contributed by atoms with Gasteiger partial charge in [-0.05, 0) is 145 Å². The minimum atomic E-state index is -0.132. The standard InChI is InChI=1S/C58H48/c1-57(2,3)55-45-31-19-29-43-42(34-48(39-25-15-9-16-26-39)40-27-17-10-18-28-40)36-50-54(51(43)45)53-49(55)35-41(44-30-20-32-46(52(44)53)56(50)58(4,5)6)33-47(37-21-11-7-12-22-37)38-23-13-8-14-24-38/h7-36H,1-6H3. The van der Waals surface area contributed by atoms with Gasteiger partial charge in [-0.3, -0.25) is 0 Å². The molecule has 0 amide bonds. The molecule has 10 aromatic rings. The maximum absolute atomic E-state index is 2.53. The van der Waals surface area contributed by atoms with Gasteiger partial charge in [-0.15, -0.1) is 0 Å². The first kappa shape index (κ1) is 35.9. The summed E-state index contributed by atoms with van der Waals surface area (Å²) in [6, 6.07) is 62.7. The zero-order chi connectivity index (χ0) is 39.8. The topological polar surface area (TPSA) is 0 Å². The zero-order valence-corrected chi connectivity index (χ0v) is 34.3. The fourth-order valence-corrected chi connectivity index (χ4v) is 9.93. The molecule has 0 aliphatic carbocycles. The monoisotopic (exact) mass is 744 g/mol. The van der Waals surface area contributed by atoms with Crippen LogP contribution in [0.3, 0.4) is 0 Å². The van der Waals surface area contributed by atoms with Crippen LogP contribution in [0.2, 0.25) is 0 Å². The summed E-state index contributed by atoms with van der Waals surface area (Å²) in [7, 11) is 0. The fourth-order valence-electron chi connectivity index (χ4n) is 9.93. The van der Waals surface area contributed by atoms with Gasteiger partial charge in [0.1, 0.15) is 0 Å². The summed E-state index contributed by atoms with van der Waals surface area (Å²) in [5, 5.41) is 13.5. The van der Waals surface area contributed by atoms with Crippen LogP contribution >= 0.6 is 0 Å². The van der Waals surface area contributed by atoms with Crippen LogP contribution in [0.5, 0.6) is 0 Å². The molecular formula is C58H48. The lowest BCUT2D eigenvalue weighted by molar-refractivity contribution is 0.600. The van der Waals surface area contributed by atoms with Gasteiger partial charge in [0.25, 0.3) is 0 Å². The summed E-state index contributed by atoms with van der Waals surface area (Å²) in [5.41, 5.74) is 12.4. The molecule has 0 nitrogen and oxygen atoms in total. The smallest absolute Gasteiger partial charge is 0.00105 e. The van der Waals surface area contributed by atoms with Crippen molar-refractivity contribution in [3.8, 4) is 0 Å².